The fourth-order valence-electron chi connectivity index (χ4n) is 0.898. The highest BCUT2D eigenvalue weighted by molar-refractivity contribution is 5.35. The quantitative estimate of drug-likeness (QED) is 0.726. The summed E-state index contributed by atoms with van der Waals surface area (Å²) in [6, 6.07) is 2.23. The Morgan fingerprint density at radius 2 is 2.08 bits per heavy atom. The van der Waals surface area contributed by atoms with Gasteiger partial charge in [-0.15, -0.1) is 0 Å². The maximum Gasteiger partial charge on any atom is 0.129 e. The van der Waals surface area contributed by atoms with E-state index in [-0.39, 0.29) is 12.1 Å². The van der Waals surface area contributed by atoms with Crippen molar-refractivity contribution in [2.45, 2.75) is 32.9 Å². The molecule has 4 nitrogen and oxygen atoms in total. The molecule has 0 bridgehead atoms. The van der Waals surface area contributed by atoms with Crippen LogP contribution in [-0.4, -0.2) is 22.1 Å². The summed E-state index contributed by atoms with van der Waals surface area (Å²) >= 11 is 0. The fraction of sp³-hybridized carbons (Fsp3) is 0.556. The van der Waals surface area contributed by atoms with Crippen LogP contribution in [-0.2, 0) is 0 Å². The predicted molar refractivity (Wildman–Crippen MR) is 53.5 cm³/mol. The highest BCUT2D eigenvalue weighted by Gasteiger charge is 2.07. The van der Waals surface area contributed by atoms with Gasteiger partial charge in [0.15, 0.2) is 0 Å². The van der Waals surface area contributed by atoms with E-state index in [1.807, 2.05) is 26.8 Å². The zero-order chi connectivity index (χ0) is 9.84. The van der Waals surface area contributed by atoms with Crippen molar-refractivity contribution >= 4 is 5.82 Å². The molecule has 0 saturated carbocycles. The van der Waals surface area contributed by atoms with Crippen molar-refractivity contribution in [3.05, 3.63) is 18.1 Å². The third kappa shape index (κ3) is 2.99. The lowest BCUT2D eigenvalue weighted by Crippen LogP contribution is -2.35. The maximum atomic E-state index is 5.72. The molecule has 0 spiro atoms. The van der Waals surface area contributed by atoms with Crippen LogP contribution >= 0.6 is 0 Å². The number of aryl methyl sites for hydroxylation is 1. The largest absolute Gasteiger partial charge is 0.366 e. The molecule has 72 valence electrons. The molecule has 0 saturated heterocycles. The van der Waals surface area contributed by atoms with Crippen LogP contribution in [0.2, 0.25) is 0 Å². The van der Waals surface area contributed by atoms with Crippen LogP contribution in [0.3, 0.4) is 0 Å². The van der Waals surface area contributed by atoms with Gasteiger partial charge in [-0.1, -0.05) is 0 Å². The Morgan fingerprint density at radius 1 is 1.38 bits per heavy atom. The molecule has 0 radical (unpaired) electrons. The Balaban J connectivity index is 2.64. The van der Waals surface area contributed by atoms with Crippen LogP contribution in [0.15, 0.2) is 12.4 Å². The minimum Gasteiger partial charge on any atom is -0.366 e. The van der Waals surface area contributed by atoms with Crippen molar-refractivity contribution in [3.63, 3.8) is 0 Å². The predicted octanol–water partition coefficient (Wildman–Crippen LogP) is 0.933. The summed E-state index contributed by atoms with van der Waals surface area (Å²) in [5, 5.41) is 3.21. The lowest BCUT2D eigenvalue weighted by atomic mass is 10.2. The van der Waals surface area contributed by atoms with Gasteiger partial charge < -0.3 is 11.1 Å². The van der Waals surface area contributed by atoms with E-state index in [1.54, 1.807) is 6.33 Å². The van der Waals surface area contributed by atoms with E-state index in [9.17, 15) is 0 Å². The minimum absolute atomic E-state index is 0.107. The Bertz CT molecular complexity index is 272. The average molecular weight is 180 g/mol. The molecular weight excluding hydrogens is 164 g/mol. The molecule has 0 aliphatic heterocycles. The van der Waals surface area contributed by atoms with E-state index in [1.165, 1.54) is 0 Å². The van der Waals surface area contributed by atoms with E-state index in [2.05, 4.69) is 15.3 Å². The van der Waals surface area contributed by atoms with Crippen LogP contribution < -0.4 is 11.1 Å². The molecule has 1 rings (SSSR count). The van der Waals surface area contributed by atoms with Crippen molar-refractivity contribution < 1.29 is 0 Å². The standard InChI is InChI=1S/C9H16N4/c1-6-4-9(12-5-11-6)13-8(3)7(2)10/h4-5,7-8H,10H2,1-3H3,(H,11,12,13). The number of nitrogens with two attached hydrogens (primary N) is 1. The molecule has 13 heavy (non-hydrogen) atoms. The number of anilines is 1. The smallest absolute Gasteiger partial charge is 0.129 e. The summed E-state index contributed by atoms with van der Waals surface area (Å²) in [6.45, 7) is 5.93. The van der Waals surface area contributed by atoms with Crippen molar-refractivity contribution in [1.82, 2.24) is 9.97 Å². The number of hydrogen-bond acceptors (Lipinski definition) is 4. The number of aromatic nitrogens is 2. The van der Waals surface area contributed by atoms with Gasteiger partial charge in [-0.2, -0.15) is 0 Å². The Labute approximate surface area is 78.6 Å². The summed E-state index contributed by atoms with van der Waals surface area (Å²) < 4.78 is 0. The molecule has 3 N–H and O–H groups in total. The summed E-state index contributed by atoms with van der Waals surface area (Å²) in [6.07, 6.45) is 1.55. The van der Waals surface area contributed by atoms with Gasteiger partial charge in [0.2, 0.25) is 0 Å². The monoisotopic (exact) mass is 180 g/mol. The highest BCUT2D eigenvalue weighted by Crippen LogP contribution is 2.05. The van der Waals surface area contributed by atoms with E-state index in [0.717, 1.165) is 11.5 Å². The van der Waals surface area contributed by atoms with Gasteiger partial charge in [-0.3, -0.25) is 0 Å². The van der Waals surface area contributed by atoms with Gasteiger partial charge in [-0.05, 0) is 20.8 Å². The number of rotatable bonds is 3. The molecule has 2 unspecified atom stereocenters. The van der Waals surface area contributed by atoms with Crippen molar-refractivity contribution in [1.29, 1.82) is 0 Å². The number of nitrogens with zero attached hydrogens (tertiary/aromatic N) is 2. The first kappa shape index (κ1) is 9.92. The van der Waals surface area contributed by atoms with E-state index >= 15 is 0 Å². The summed E-state index contributed by atoms with van der Waals surface area (Å²) in [5.74, 6) is 0.831. The van der Waals surface area contributed by atoms with E-state index in [0.29, 0.717) is 0 Å². The van der Waals surface area contributed by atoms with E-state index < -0.39 is 0 Å². The lowest BCUT2D eigenvalue weighted by Gasteiger charge is -2.17. The molecule has 0 amide bonds. The average Bonchev–Trinajstić information content (AvgIpc) is 2.04. The molecular formula is C9H16N4. The lowest BCUT2D eigenvalue weighted by molar-refractivity contribution is 0.636. The third-order valence-corrected chi connectivity index (χ3v) is 1.97. The van der Waals surface area contributed by atoms with Crippen LogP contribution in [0.5, 0.6) is 0 Å². The van der Waals surface area contributed by atoms with Crippen molar-refractivity contribution in [2.24, 2.45) is 5.73 Å². The molecule has 0 fully saturated rings. The molecule has 0 aliphatic carbocycles. The zero-order valence-electron chi connectivity index (χ0n) is 8.28. The number of nitrogens with one attached hydrogen (secondary N) is 1. The summed E-state index contributed by atoms with van der Waals surface area (Å²) in [7, 11) is 0. The maximum absolute atomic E-state index is 5.72. The highest BCUT2D eigenvalue weighted by atomic mass is 15.0. The summed E-state index contributed by atoms with van der Waals surface area (Å²) in [5.41, 5.74) is 6.67. The first-order chi connectivity index (χ1) is 6.09. The molecule has 1 aromatic heterocycles. The topological polar surface area (TPSA) is 63.8 Å². The number of hydrogen-bond donors (Lipinski definition) is 2. The Kier molecular flexibility index (Phi) is 3.19. The first-order valence-corrected chi connectivity index (χ1v) is 4.40. The molecule has 0 aliphatic rings. The van der Waals surface area contributed by atoms with Gasteiger partial charge in [0.1, 0.15) is 12.1 Å². The molecule has 1 heterocycles. The van der Waals surface area contributed by atoms with Crippen molar-refractivity contribution in [2.75, 3.05) is 5.32 Å². The SMILES string of the molecule is Cc1cc(NC(C)C(C)N)ncn1. The van der Waals surface area contributed by atoms with Gasteiger partial charge in [0, 0.05) is 23.8 Å². The second-order valence-corrected chi connectivity index (χ2v) is 3.34. The Morgan fingerprint density at radius 3 is 2.62 bits per heavy atom. The van der Waals surface area contributed by atoms with Crippen LogP contribution in [0.25, 0.3) is 0 Å². The van der Waals surface area contributed by atoms with Crippen molar-refractivity contribution in [3.8, 4) is 0 Å². The molecule has 4 heteroatoms. The third-order valence-electron chi connectivity index (χ3n) is 1.97. The zero-order valence-corrected chi connectivity index (χ0v) is 8.28. The molecule has 1 aromatic rings. The molecule has 2 atom stereocenters. The van der Waals surface area contributed by atoms with E-state index in [4.69, 9.17) is 5.73 Å². The van der Waals surface area contributed by atoms with Crippen LogP contribution in [0, 0.1) is 6.92 Å². The van der Waals surface area contributed by atoms with Crippen LogP contribution in [0.1, 0.15) is 19.5 Å². The van der Waals surface area contributed by atoms with Gasteiger partial charge in [0.25, 0.3) is 0 Å². The molecule has 0 aromatic carbocycles. The fourth-order valence-corrected chi connectivity index (χ4v) is 0.898. The van der Waals surface area contributed by atoms with Crippen LogP contribution in [0.4, 0.5) is 5.82 Å². The normalized spacial score (nSPS) is 15.1. The van der Waals surface area contributed by atoms with Gasteiger partial charge in [0.05, 0.1) is 0 Å². The second kappa shape index (κ2) is 4.18. The summed E-state index contributed by atoms with van der Waals surface area (Å²) in [4.78, 5) is 8.09. The van der Waals surface area contributed by atoms with Gasteiger partial charge in [-0.25, -0.2) is 9.97 Å². The minimum atomic E-state index is 0.107. The van der Waals surface area contributed by atoms with Gasteiger partial charge >= 0.3 is 0 Å². The Hall–Kier alpha value is -1.16. The second-order valence-electron chi connectivity index (χ2n) is 3.34. The first-order valence-electron chi connectivity index (χ1n) is 4.40.